The van der Waals surface area contributed by atoms with Crippen LogP contribution >= 0.6 is 15.9 Å². The molecular formula is C21H25BrN2O4. The first kappa shape index (κ1) is 20.5. The Labute approximate surface area is 173 Å². The van der Waals surface area contributed by atoms with E-state index in [0.717, 1.165) is 42.0 Å². The number of nitrogens with zero attached hydrogens (tertiary/aromatic N) is 1. The average Bonchev–Trinajstić information content (AvgIpc) is 2.72. The number of methoxy groups -OCH3 is 2. The highest BCUT2D eigenvalue weighted by atomic mass is 79.9. The zero-order valence-electron chi connectivity index (χ0n) is 16.2. The lowest BCUT2D eigenvalue weighted by Crippen LogP contribution is -2.39. The van der Waals surface area contributed by atoms with Gasteiger partial charge in [-0.3, -0.25) is 9.69 Å². The van der Waals surface area contributed by atoms with Gasteiger partial charge in [0, 0.05) is 30.7 Å². The van der Waals surface area contributed by atoms with Crippen LogP contribution in [0.25, 0.3) is 0 Å². The van der Waals surface area contributed by atoms with E-state index in [1.54, 1.807) is 14.2 Å². The SMILES string of the molecule is COc1cc2c(cc1OC)CN(CCNC(=O)COc1ccc(Br)cc1)CC2. The predicted octanol–water partition coefficient (Wildman–Crippen LogP) is 3.02. The molecule has 2 aromatic carbocycles. The van der Waals surface area contributed by atoms with Gasteiger partial charge in [-0.05, 0) is 53.9 Å². The van der Waals surface area contributed by atoms with Crippen LogP contribution in [0.5, 0.6) is 17.2 Å². The minimum atomic E-state index is -0.119. The minimum absolute atomic E-state index is 0.0153. The monoisotopic (exact) mass is 448 g/mol. The fraction of sp³-hybridized carbons (Fsp3) is 0.381. The fourth-order valence-electron chi connectivity index (χ4n) is 3.22. The molecule has 1 heterocycles. The van der Waals surface area contributed by atoms with Gasteiger partial charge in [0.1, 0.15) is 5.75 Å². The highest BCUT2D eigenvalue weighted by Crippen LogP contribution is 2.33. The van der Waals surface area contributed by atoms with Crippen LogP contribution < -0.4 is 19.5 Å². The normalized spacial score (nSPS) is 13.5. The first-order chi connectivity index (χ1) is 13.6. The molecule has 0 saturated heterocycles. The second-order valence-corrected chi connectivity index (χ2v) is 7.51. The third-order valence-corrected chi connectivity index (χ3v) is 5.26. The first-order valence-electron chi connectivity index (χ1n) is 9.20. The molecule has 7 heteroatoms. The number of carbonyl (C=O) groups is 1. The zero-order chi connectivity index (χ0) is 19.9. The number of hydrogen-bond donors (Lipinski definition) is 1. The van der Waals surface area contributed by atoms with Crippen molar-refractivity contribution >= 4 is 21.8 Å². The van der Waals surface area contributed by atoms with Crippen molar-refractivity contribution in [2.75, 3.05) is 40.5 Å². The van der Waals surface area contributed by atoms with E-state index in [1.807, 2.05) is 30.3 Å². The maximum absolute atomic E-state index is 12.0. The molecule has 0 bridgehead atoms. The van der Waals surface area contributed by atoms with E-state index in [0.29, 0.717) is 12.3 Å². The van der Waals surface area contributed by atoms with Gasteiger partial charge in [-0.2, -0.15) is 0 Å². The number of fused-ring (bicyclic) bond motifs is 1. The molecule has 150 valence electrons. The first-order valence-corrected chi connectivity index (χ1v) is 9.99. The summed E-state index contributed by atoms with van der Waals surface area (Å²) in [5, 5.41) is 2.92. The van der Waals surface area contributed by atoms with Gasteiger partial charge in [0.2, 0.25) is 0 Å². The van der Waals surface area contributed by atoms with Crippen molar-refractivity contribution in [3.8, 4) is 17.2 Å². The molecule has 0 aliphatic carbocycles. The molecule has 0 unspecified atom stereocenters. The number of benzene rings is 2. The van der Waals surface area contributed by atoms with Crippen LogP contribution in [0.4, 0.5) is 0 Å². The maximum atomic E-state index is 12.0. The van der Waals surface area contributed by atoms with Gasteiger partial charge >= 0.3 is 0 Å². The molecule has 0 radical (unpaired) electrons. The molecule has 0 aromatic heterocycles. The fourth-order valence-corrected chi connectivity index (χ4v) is 3.48. The molecule has 0 saturated carbocycles. The lowest BCUT2D eigenvalue weighted by molar-refractivity contribution is -0.123. The Morgan fingerprint density at radius 3 is 2.46 bits per heavy atom. The molecule has 0 atom stereocenters. The maximum Gasteiger partial charge on any atom is 0.257 e. The van der Waals surface area contributed by atoms with Crippen LogP contribution in [0, 0.1) is 0 Å². The van der Waals surface area contributed by atoms with Gasteiger partial charge in [0.15, 0.2) is 18.1 Å². The Morgan fingerprint density at radius 2 is 1.79 bits per heavy atom. The molecule has 1 amide bonds. The van der Waals surface area contributed by atoms with Crippen LogP contribution in [0.15, 0.2) is 40.9 Å². The van der Waals surface area contributed by atoms with Crippen molar-refractivity contribution < 1.29 is 19.0 Å². The van der Waals surface area contributed by atoms with Crippen LogP contribution in [-0.4, -0.2) is 51.3 Å². The Bertz CT molecular complexity index is 811. The summed E-state index contributed by atoms with van der Waals surface area (Å²) >= 11 is 3.37. The third kappa shape index (κ3) is 5.39. The second kappa shape index (κ2) is 9.80. The number of carbonyl (C=O) groups excluding carboxylic acids is 1. The molecular weight excluding hydrogens is 424 g/mol. The van der Waals surface area contributed by atoms with Gasteiger partial charge in [0.05, 0.1) is 14.2 Å². The number of rotatable bonds is 8. The molecule has 6 nitrogen and oxygen atoms in total. The van der Waals surface area contributed by atoms with Crippen molar-refractivity contribution in [1.82, 2.24) is 10.2 Å². The van der Waals surface area contributed by atoms with Gasteiger partial charge in [-0.1, -0.05) is 15.9 Å². The van der Waals surface area contributed by atoms with Crippen LogP contribution in [0.3, 0.4) is 0 Å². The molecule has 1 aliphatic rings. The van der Waals surface area contributed by atoms with E-state index in [1.165, 1.54) is 11.1 Å². The summed E-state index contributed by atoms with van der Waals surface area (Å²) in [5.41, 5.74) is 2.54. The predicted molar refractivity (Wildman–Crippen MR) is 111 cm³/mol. The molecule has 28 heavy (non-hydrogen) atoms. The van der Waals surface area contributed by atoms with E-state index in [9.17, 15) is 4.79 Å². The van der Waals surface area contributed by atoms with Crippen molar-refractivity contribution in [3.05, 3.63) is 52.0 Å². The third-order valence-electron chi connectivity index (χ3n) is 4.73. The summed E-state index contributed by atoms with van der Waals surface area (Å²) < 4.78 is 17.2. The highest BCUT2D eigenvalue weighted by Gasteiger charge is 2.19. The van der Waals surface area contributed by atoms with Gasteiger partial charge in [-0.15, -0.1) is 0 Å². The minimum Gasteiger partial charge on any atom is -0.493 e. The van der Waals surface area contributed by atoms with Crippen LogP contribution in [0.1, 0.15) is 11.1 Å². The van der Waals surface area contributed by atoms with Crippen molar-refractivity contribution in [2.45, 2.75) is 13.0 Å². The van der Waals surface area contributed by atoms with Gasteiger partial charge in [0.25, 0.3) is 5.91 Å². The standard InChI is InChI=1S/C21H25BrN2O4/c1-26-19-11-15-7-9-24(13-16(15)12-20(19)27-2)10-8-23-21(25)14-28-18-5-3-17(22)4-6-18/h3-6,11-12H,7-10,13-14H2,1-2H3,(H,23,25). The highest BCUT2D eigenvalue weighted by molar-refractivity contribution is 9.10. The van der Waals surface area contributed by atoms with Gasteiger partial charge < -0.3 is 19.5 Å². The van der Waals surface area contributed by atoms with Crippen LogP contribution in [0.2, 0.25) is 0 Å². The van der Waals surface area contributed by atoms with E-state index in [-0.39, 0.29) is 12.5 Å². The number of nitrogens with one attached hydrogen (secondary N) is 1. The number of amides is 1. The van der Waals surface area contributed by atoms with Crippen LogP contribution in [-0.2, 0) is 17.8 Å². The van der Waals surface area contributed by atoms with Crippen molar-refractivity contribution in [2.24, 2.45) is 0 Å². The van der Waals surface area contributed by atoms with Crippen molar-refractivity contribution in [1.29, 1.82) is 0 Å². The lowest BCUT2D eigenvalue weighted by Gasteiger charge is -2.29. The Hall–Kier alpha value is -2.25. The van der Waals surface area contributed by atoms with E-state index >= 15 is 0 Å². The van der Waals surface area contributed by atoms with E-state index in [4.69, 9.17) is 14.2 Å². The smallest absolute Gasteiger partial charge is 0.257 e. The summed E-state index contributed by atoms with van der Waals surface area (Å²) in [4.78, 5) is 14.3. The summed E-state index contributed by atoms with van der Waals surface area (Å²) in [6, 6.07) is 11.5. The molecule has 1 N–H and O–H groups in total. The molecule has 1 aliphatic heterocycles. The molecule has 0 fully saturated rings. The average molecular weight is 449 g/mol. The summed E-state index contributed by atoms with van der Waals surface area (Å²) in [6.45, 7) is 3.18. The Kier molecular flexibility index (Phi) is 7.17. The van der Waals surface area contributed by atoms with Gasteiger partial charge in [-0.25, -0.2) is 0 Å². The van der Waals surface area contributed by atoms with E-state index < -0.39 is 0 Å². The number of halogens is 1. The number of hydrogen-bond acceptors (Lipinski definition) is 5. The topological polar surface area (TPSA) is 60.0 Å². The Balaban J connectivity index is 1.43. The lowest BCUT2D eigenvalue weighted by atomic mass is 9.99. The Morgan fingerprint density at radius 1 is 1.11 bits per heavy atom. The zero-order valence-corrected chi connectivity index (χ0v) is 17.8. The van der Waals surface area contributed by atoms with Crippen molar-refractivity contribution in [3.63, 3.8) is 0 Å². The summed E-state index contributed by atoms with van der Waals surface area (Å²) in [6.07, 6.45) is 0.955. The second-order valence-electron chi connectivity index (χ2n) is 6.59. The molecule has 3 rings (SSSR count). The molecule has 2 aromatic rings. The largest absolute Gasteiger partial charge is 0.493 e. The van der Waals surface area contributed by atoms with E-state index in [2.05, 4.69) is 32.2 Å². The molecule has 0 spiro atoms. The number of ether oxygens (including phenoxy) is 3. The summed E-state index contributed by atoms with van der Waals surface area (Å²) in [5.74, 6) is 2.08. The quantitative estimate of drug-likeness (QED) is 0.672. The summed E-state index contributed by atoms with van der Waals surface area (Å²) in [7, 11) is 3.30.